The molecule has 1 N–H and O–H groups in total. The smallest absolute Gasteiger partial charge is 0.233 e. The highest BCUT2D eigenvalue weighted by Crippen LogP contribution is 2.29. The van der Waals surface area contributed by atoms with E-state index in [9.17, 15) is 9.18 Å². The molecule has 0 aliphatic heterocycles. The molecule has 28 heavy (non-hydrogen) atoms. The average molecular weight is 419 g/mol. The number of hydrogen-bond acceptors (Lipinski definition) is 4. The van der Waals surface area contributed by atoms with Crippen LogP contribution < -0.4 is 5.32 Å². The highest BCUT2D eigenvalue weighted by atomic mass is 35.5. The second-order valence-electron chi connectivity index (χ2n) is 6.27. The van der Waals surface area contributed by atoms with E-state index in [-0.39, 0.29) is 17.0 Å². The van der Waals surface area contributed by atoms with Crippen molar-refractivity contribution in [3.05, 3.63) is 64.9 Å². The molecule has 0 spiro atoms. The van der Waals surface area contributed by atoms with Crippen LogP contribution in [0.1, 0.15) is 12.5 Å². The normalized spacial score (nSPS) is 12.0. The molecule has 8 heteroatoms. The minimum atomic E-state index is -0.338. The van der Waals surface area contributed by atoms with Gasteiger partial charge in [0.2, 0.25) is 5.91 Å². The third-order valence-electron chi connectivity index (χ3n) is 4.23. The van der Waals surface area contributed by atoms with Crippen LogP contribution in [-0.2, 0) is 18.3 Å². The summed E-state index contributed by atoms with van der Waals surface area (Å²) in [5.74, 6) is 0.295. The van der Waals surface area contributed by atoms with Crippen LogP contribution in [-0.4, -0.2) is 32.5 Å². The maximum atomic E-state index is 12.9. The van der Waals surface area contributed by atoms with Crippen molar-refractivity contribution in [3.8, 4) is 11.4 Å². The van der Waals surface area contributed by atoms with Crippen LogP contribution in [0.4, 0.5) is 4.39 Å². The predicted octanol–water partition coefficient (Wildman–Crippen LogP) is 4.11. The molecule has 3 aromatic rings. The minimum absolute atomic E-state index is 0.0885. The van der Waals surface area contributed by atoms with Gasteiger partial charge in [0.1, 0.15) is 5.82 Å². The maximum Gasteiger partial charge on any atom is 0.233 e. The average Bonchev–Trinajstić information content (AvgIpc) is 3.04. The van der Waals surface area contributed by atoms with Gasteiger partial charge in [-0.15, -0.1) is 10.2 Å². The molecule has 1 aromatic heterocycles. The molecular weight excluding hydrogens is 399 g/mol. The number of aromatic nitrogens is 3. The summed E-state index contributed by atoms with van der Waals surface area (Å²) in [7, 11) is 1.85. The molecule has 0 saturated heterocycles. The Bertz CT molecular complexity index is 961. The number of hydrogen-bond donors (Lipinski definition) is 1. The fourth-order valence-corrected chi connectivity index (χ4v) is 3.69. The van der Waals surface area contributed by atoms with Crippen molar-refractivity contribution < 1.29 is 9.18 Å². The van der Waals surface area contributed by atoms with Crippen molar-refractivity contribution >= 4 is 29.3 Å². The van der Waals surface area contributed by atoms with Gasteiger partial charge in [-0.2, -0.15) is 0 Å². The number of carbonyl (C=O) groups excluding carboxylic acids is 1. The van der Waals surface area contributed by atoms with Crippen LogP contribution in [0.5, 0.6) is 0 Å². The van der Waals surface area contributed by atoms with Crippen LogP contribution >= 0.6 is 23.4 Å². The molecule has 2 aromatic carbocycles. The van der Waals surface area contributed by atoms with Crippen molar-refractivity contribution in [1.82, 2.24) is 20.1 Å². The van der Waals surface area contributed by atoms with E-state index < -0.39 is 0 Å². The third kappa shape index (κ3) is 4.91. The molecule has 1 amide bonds. The summed E-state index contributed by atoms with van der Waals surface area (Å²) >= 11 is 7.57. The largest absolute Gasteiger partial charge is 0.355 e. The zero-order valence-corrected chi connectivity index (χ0v) is 17.1. The van der Waals surface area contributed by atoms with Gasteiger partial charge in [-0.1, -0.05) is 47.6 Å². The number of halogens is 2. The summed E-state index contributed by atoms with van der Waals surface area (Å²) < 4.78 is 14.7. The van der Waals surface area contributed by atoms with Crippen molar-refractivity contribution in [2.45, 2.75) is 23.8 Å². The molecule has 0 radical (unpaired) electrons. The van der Waals surface area contributed by atoms with Gasteiger partial charge in [0, 0.05) is 19.2 Å². The van der Waals surface area contributed by atoms with Gasteiger partial charge in [-0.25, -0.2) is 4.39 Å². The highest BCUT2D eigenvalue weighted by Gasteiger charge is 2.19. The number of carbonyl (C=O) groups is 1. The summed E-state index contributed by atoms with van der Waals surface area (Å²) in [6, 6.07) is 13.7. The van der Waals surface area contributed by atoms with Crippen LogP contribution in [0.3, 0.4) is 0 Å². The van der Waals surface area contributed by atoms with E-state index in [1.807, 2.05) is 36.7 Å². The molecule has 0 saturated carbocycles. The van der Waals surface area contributed by atoms with Gasteiger partial charge < -0.3 is 9.88 Å². The fraction of sp³-hybridized carbons (Fsp3) is 0.250. The molecule has 1 heterocycles. The predicted molar refractivity (Wildman–Crippen MR) is 110 cm³/mol. The fourth-order valence-electron chi connectivity index (χ4n) is 2.63. The van der Waals surface area contributed by atoms with Crippen LogP contribution in [0.15, 0.2) is 53.7 Å². The Labute approximate surface area is 172 Å². The van der Waals surface area contributed by atoms with Crippen LogP contribution in [0, 0.1) is 5.82 Å². The van der Waals surface area contributed by atoms with Crippen LogP contribution in [0.25, 0.3) is 11.4 Å². The number of nitrogens with zero attached hydrogens (tertiary/aromatic N) is 3. The summed E-state index contributed by atoms with van der Waals surface area (Å²) in [6.45, 7) is 2.31. The third-order valence-corrected chi connectivity index (χ3v) is 5.69. The van der Waals surface area contributed by atoms with Crippen LogP contribution in [0.2, 0.25) is 5.02 Å². The van der Waals surface area contributed by atoms with Gasteiger partial charge in [-0.05, 0) is 43.2 Å². The molecule has 1 atom stereocenters. The minimum Gasteiger partial charge on any atom is -0.355 e. The highest BCUT2D eigenvalue weighted by molar-refractivity contribution is 8.00. The molecule has 3 rings (SSSR count). The monoisotopic (exact) mass is 418 g/mol. The molecule has 0 fully saturated rings. The van der Waals surface area contributed by atoms with E-state index in [2.05, 4.69) is 15.5 Å². The Hall–Kier alpha value is -2.38. The second-order valence-corrected chi connectivity index (χ2v) is 7.99. The van der Waals surface area contributed by atoms with Crippen molar-refractivity contribution in [3.63, 3.8) is 0 Å². The molecular formula is C20H20ClFN4OS. The quantitative estimate of drug-likeness (QED) is 0.586. The van der Waals surface area contributed by atoms with E-state index in [0.29, 0.717) is 29.0 Å². The Morgan fingerprint density at radius 1 is 1.21 bits per heavy atom. The van der Waals surface area contributed by atoms with Gasteiger partial charge in [0.25, 0.3) is 0 Å². The summed E-state index contributed by atoms with van der Waals surface area (Å²) in [5, 5.41) is 12.2. The second kappa shape index (κ2) is 9.21. The zero-order chi connectivity index (χ0) is 20.1. The Morgan fingerprint density at radius 2 is 1.93 bits per heavy atom. The lowest BCUT2D eigenvalue weighted by molar-refractivity contribution is -0.120. The topological polar surface area (TPSA) is 59.8 Å². The summed E-state index contributed by atoms with van der Waals surface area (Å²) in [4.78, 5) is 12.4. The van der Waals surface area contributed by atoms with Gasteiger partial charge in [0.05, 0.1) is 10.3 Å². The first-order chi connectivity index (χ1) is 13.5. The SMILES string of the molecule is C[C@@H](Sc1nnc(-c2ccccc2Cl)n1C)C(=O)NCCc1ccc(F)cc1. The maximum absolute atomic E-state index is 12.9. The standard InChI is InChI=1S/C20H20ClFN4OS/c1-13(19(27)23-12-11-14-7-9-15(22)10-8-14)28-20-25-24-18(26(20)2)16-5-3-4-6-17(16)21/h3-10,13H,11-12H2,1-2H3,(H,23,27)/t13-/m1/s1. The molecule has 0 bridgehead atoms. The Kier molecular flexibility index (Phi) is 6.70. The van der Waals surface area contributed by atoms with Crippen molar-refractivity contribution in [2.24, 2.45) is 7.05 Å². The Balaban J connectivity index is 1.57. The summed E-state index contributed by atoms with van der Waals surface area (Å²) in [6.07, 6.45) is 0.643. The lowest BCUT2D eigenvalue weighted by Crippen LogP contribution is -2.32. The first-order valence-electron chi connectivity index (χ1n) is 8.79. The number of amides is 1. The molecule has 146 valence electrons. The van der Waals surface area contributed by atoms with Gasteiger partial charge >= 0.3 is 0 Å². The number of thioether (sulfide) groups is 1. The molecule has 0 aliphatic rings. The van der Waals surface area contributed by atoms with E-state index in [1.54, 1.807) is 18.2 Å². The van der Waals surface area contributed by atoms with Gasteiger partial charge in [-0.3, -0.25) is 4.79 Å². The lowest BCUT2D eigenvalue weighted by Gasteiger charge is -2.12. The summed E-state index contributed by atoms with van der Waals surface area (Å²) in [5.41, 5.74) is 1.77. The number of benzene rings is 2. The molecule has 5 nitrogen and oxygen atoms in total. The molecule has 0 unspecified atom stereocenters. The van der Waals surface area contributed by atoms with Gasteiger partial charge in [0.15, 0.2) is 11.0 Å². The van der Waals surface area contributed by atoms with E-state index in [1.165, 1.54) is 23.9 Å². The van der Waals surface area contributed by atoms with E-state index in [4.69, 9.17) is 11.6 Å². The van der Waals surface area contributed by atoms with Crippen molar-refractivity contribution in [1.29, 1.82) is 0 Å². The lowest BCUT2D eigenvalue weighted by atomic mass is 10.1. The number of rotatable bonds is 7. The first-order valence-corrected chi connectivity index (χ1v) is 10.0. The Morgan fingerprint density at radius 3 is 2.64 bits per heavy atom. The first kappa shape index (κ1) is 20.4. The van der Waals surface area contributed by atoms with Crippen molar-refractivity contribution in [2.75, 3.05) is 6.54 Å². The number of nitrogens with one attached hydrogen (secondary N) is 1. The zero-order valence-electron chi connectivity index (χ0n) is 15.5. The van der Waals surface area contributed by atoms with E-state index in [0.717, 1.165) is 11.1 Å². The molecule has 0 aliphatic carbocycles. The van der Waals surface area contributed by atoms with E-state index >= 15 is 0 Å².